The third kappa shape index (κ3) is 3.39. The van der Waals surface area contributed by atoms with Gasteiger partial charge in [-0.25, -0.2) is 0 Å². The van der Waals surface area contributed by atoms with Crippen LogP contribution in [0.15, 0.2) is 47.1 Å². The number of rotatable bonds is 6. The molecule has 1 N–H and O–H groups in total. The summed E-state index contributed by atoms with van der Waals surface area (Å²) in [6, 6.07) is 11.1. The van der Waals surface area contributed by atoms with Crippen LogP contribution in [0.2, 0.25) is 0 Å². The second-order valence-corrected chi connectivity index (χ2v) is 6.26. The number of benzene rings is 1. The van der Waals surface area contributed by atoms with E-state index < -0.39 is 5.60 Å². The summed E-state index contributed by atoms with van der Waals surface area (Å²) in [7, 11) is 1.52. The van der Waals surface area contributed by atoms with Crippen molar-refractivity contribution in [2.24, 2.45) is 0 Å². The summed E-state index contributed by atoms with van der Waals surface area (Å²) in [5, 5.41) is 11.2. The molecule has 7 heteroatoms. The molecule has 1 aromatic carbocycles. The quantitative estimate of drug-likeness (QED) is 0.736. The van der Waals surface area contributed by atoms with Gasteiger partial charge < -0.3 is 14.6 Å². The Balaban J connectivity index is 1.75. The second kappa shape index (κ2) is 7.13. The van der Waals surface area contributed by atoms with E-state index in [0.717, 1.165) is 22.6 Å². The maximum atomic E-state index is 12.8. The van der Waals surface area contributed by atoms with Crippen LogP contribution in [0, 0.1) is 13.8 Å². The Kier molecular flexibility index (Phi) is 4.90. The number of hydrogen-bond acceptors (Lipinski definition) is 5. The summed E-state index contributed by atoms with van der Waals surface area (Å²) in [4.78, 5) is 12.8. The third-order valence-electron chi connectivity index (χ3n) is 4.55. The highest BCUT2D eigenvalue weighted by Crippen LogP contribution is 2.26. The van der Waals surface area contributed by atoms with E-state index >= 15 is 0 Å². The number of anilines is 1. The number of hydrogen-bond donors (Lipinski definition) is 1. The summed E-state index contributed by atoms with van der Waals surface area (Å²) < 4.78 is 12.4. The molecule has 1 atom stereocenters. The lowest BCUT2D eigenvalue weighted by Crippen LogP contribution is -2.39. The fraction of sp³-hybridized carbons (Fsp3) is 0.316. The normalized spacial score (nSPS) is 13.4. The molecule has 0 saturated heterocycles. The molecule has 0 aliphatic heterocycles. The van der Waals surface area contributed by atoms with Gasteiger partial charge in [-0.1, -0.05) is 35.5 Å². The number of aromatic nitrogens is 3. The van der Waals surface area contributed by atoms with Gasteiger partial charge in [-0.2, -0.15) is 5.10 Å². The first kappa shape index (κ1) is 17.9. The Morgan fingerprint density at radius 3 is 2.62 bits per heavy atom. The molecule has 1 amide bonds. The molecule has 7 nitrogen and oxygen atoms in total. The van der Waals surface area contributed by atoms with Crippen molar-refractivity contribution in [2.45, 2.75) is 32.9 Å². The van der Waals surface area contributed by atoms with E-state index in [1.165, 1.54) is 7.11 Å². The van der Waals surface area contributed by atoms with Crippen LogP contribution >= 0.6 is 0 Å². The smallest absolute Gasteiger partial charge is 0.262 e. The Morgan fingerprint density at radius 2 is 2.00 bits per heavy atom. The molecule has 3 aromatic rings. The topological polar surface area (TPSA) is 82.2 Å². The van der Waals surface area contributed by atoms with Crippen molar-refractivity contribution in [3.05, 3.63) is 65.2 Å². The third-order valence-corrected chi connectivity index (χ3v) is 4.55. The minimum Gasteiger partial charge on any atom is -0.364 e. The molecule has 0 aliphatic carbocycles. The van der Waals surface area contributed by atoms with Crippen LogP contribution in [0.5, 0.6) is 0 Å². The SMILES string of the molecule is COC(C)(C(=O)Nc1ccn(Cc2c(C)noc2C)n1)c1ccccc1. The zero-order chi connectivity index (χ0) is 18.7. The molecule has 0 fully saturated rings. The van der Waals surface area contributed by atoms with Crippen molar-refractivity contribution in [3.63, 3.8) is 0 Å². The number of methoxy groups -OCH3 is 1. The summed E-state index contributed by atoms with van der Waals surface area (Å²) in [5.41, 5.74) is 1.49. The van der Waals surface area contributed by atoms with Crippen LogP contribution < -0.4 is 5.32 Å². The van der Waals surface area contributed by atoms with Crippen molar-refractivity contribution in [1.29, 1.82) is 0 Å². The predicted octanol–water partition coefficient (Wildman–Crippen LogP) is 3.04. The lowest BCUT2D eigenvalue weighted by Gasteiger charge is -2.26. The van der Waals surface area contributed by atoms with Gasteiger partial charge in [0.2, 0.25) is 0 Å². The van der Waals surface area contributed by atoms with Crippen molar-refractivity contribution < 1.29 is 14.1 Å². The molecular weight excluding hydrogens is 332 g/mol. The van der Waals surface area contributed by atoms with Gasteiger partial charge in [-0.05, 0) is 26.3 Å². The van der Waals surface area contributed by atoms with E-state index in [9.17, 15) is 4.79 Å². The van der Waals surface area contributed by atoms with Gasteiger partial charge in [-0.15, -0.1) is 0 Å². The van der Waals surface area contributed by atoms with Gasteiger partial charge in [-0.3, -0.25) is 9.48 Å². The number of nitrogens with zero attached hydrogens (tertiary/aromatic N) is 3. The Labute approximate surface area is 151 Å². The lowest BCUT2D eigenvalue weighted by molar-refractivity contribution is -0.136. The Bertz CT molecular complexity index is 881. The fourth-order valence-corrected chi connectivity index (χ4v) is 2.74. The largest absolute Gasteiger partial charge is 0.364 e. The van der Waals surface area contributed by atoms with E-state index in [1.807, 2.05) is 44.2 Å². The molecule has 1 unspecified atom stereocenters. The molecule has 0 radical (unpaired) electrons. The van der Waals surface area contributed by atoms with Crippen LogP contribution in [0.25, 0.3) is 0 Å². The Morgan fingerprint density at radius 1 is 1.27 bits per heavy atom. The van der Waals surface area contributed by atoms with Gasteiger partial charge in [0.15, 0.2) is 11.4 Å². The standard InChI is InChI=1S/C19H22N4O3/c1-13-16(14(2)26-22-13)12-23-11-10-17(21-23)20-18(24)19(3,25-4)15-8-6-5-7-9-15/h5-11H,12H2,1-4H3,(H,20,21,24). The van der Waals surface area contributed by atoms with E-state index in [-0.39, 0.29) is 5.91 Å². The van der Waals surface area contributed by atoms with E-state index in [1.54, 1.807) is 23.9 Å². The molecule has 0 bridgehead atoms. The van der Waals surface area contributed by atoms with Gasteiger partial charge in [0.1, 0.15) is 5.76 Å². The Hall–Kier alpha value is -2.93. The van der Waals surface area contributed by atoms with E-state index in [4.69, 9.17) is 9.26 Å². The maximum absolute atomic E-state index is 12.8. The highest BCUT2D eigenvalue weighted by atomic mass is 16.5. The van der Waals surface area contributed by atoms with E-state index in [2.05, 4.69) is 15.6 Å². The number of ether oxygens (including phenoxy) is 1. The van der Waals surface area contributed by atoms with Crippen LogP contribution in [-0.4, -0.2) is 28.0 Å². The zero-order valence-electron chi connectivity index (χ0n) is 15.3. The monoisotopic (exact) mass is 354 g/mol. The average molecular weight is 354 g/mol. The van der Waals surface area contributed by atoms with Gasteiger partial charge in [0.25, 0.3) is 5.91 Å². The lowest BCUT2D eigenvalue weighted by atomic mass is 9.95. The molecule has 0 saturated carbocycles. The minimum atomic E-state index is -1.10. The molecular formula is C19H22N4O3. The van der Waals surface area contributed by atoms with Crippen LogP contribution in [0.3, 0.4) is 0 Å². The van der Waals surface area contributed by atoms with Crippen LogP contribution in [-0.2, 0) is 21.7 Å². The maximum Gasteiger partial charge on any atom is 0.262 e. The summed E-state index contributed by atoms with van der Waals surface area (Å²) in [6.45, 7) is 6.02. The van der Waals surface area contributed by atoms with E-state index in [0.29, 0.717) is 12.4 Å². The second-order valence-electron chi connectivity index (χ2n) is 6.26. The molecule has 0 aliphatic rings. The molecule has 3 rings (SSSR count). The number of nitrogens with one attached hydrogen (secondary N) is 1. The fourth-order valence-electron chi connectivity index (χ4n) is 2.74. The molecule has 2 aromatic heterocycles. The van der Waals surface area contributed by atoms with Gasteiger partial charge in [0, 0.05) is 24.9 Å². The number of aryl methyl sites for hydroxylation is 2. The first-order valence-electron chi connectivity index (χ1n) is 8.31. The molecule has 0 spiro atoms. The average Bonchev–Trinajstić information content (AvgIpc) is 3.23. The van der Waals surface area contributed by atoms with Crippen molar-refractivity contribution in [3.8, 4) is 0 Å². The zero-order valence-corrected chi connectivity index (χ0v) is 15.3. The molecule has 26 heavy (non-hydrogen) atoms. The first-order chi connectivity index (χ1) is 12.4. The van der Waals surface area contributed by atoms with Crippen molar-refractivity contribution in [1.82, 2.24) is 14.9 Å². The number of carbonyl (C=O) groups is 1. The number of amides is 1. The van der Waals surface area contributed by atoms with Crippen LogP contribution in [0.4, 0.5) is 5.82 Å². The highest BCUT2D eigenvalue weighted by molar-refractivity contribution is 5.97. The highest BCUT2D eigenvalue weighted by Gasteiger charge is 2.35. The summed E-state index contributed by atoms with van der Waals surface area (Å²) in [6.07, 6.45) is 1.80. The summed E-state index contributed by atoms with van der Waals surface area (Å²) >= 11 is 0. The molecule has 2 heterocycles. The van der Waals surface area contributed by atoms with Crippen LogP contribution in [0.1, 0.15) is 29.5 Å². The molecule has 136 valence electrons. The number of carbonyl (C=O) groups excluding carboxylic acids is 1. The predicted molar refractivity (Wildman–Crippen MR) is 96.7 cm³/mol. The first-order valence-corrected chi connectivity index (χ1v) is 8.31. The van der Waals surface area contributed by atoms with Gasteiger partial charge in [0.05, 0.1) is 12.2 Å². The minimum absolute atomic E-state index is 0.284. The van der Waals surface area contributed by atoms with Crippen molar-refractivity contribution in [2.75, 3.05) is 12.4 Å². The summed E-state index contributed by atoms with van der Waals surface area (Å²) in [5.74, 6) is 0.939. The van der Waals surface area contributed by atoms with Gasteiger partial charge >= 0.3 is 0 Å². The van der Waals surface area contributed by atoms with Crippen molar-refractivity contribution >= 4 is 11.7 Å².